The Balaban J connectivity index is 2.56. The van der Waals surface area contributed by atoms with E-state index in [1.54, 1.807) is 12.1 Å². The van der Waals surface area contributed by atoms with E-state index >= 15 is 0 Å². The Labute approximate surface area is 103 Å². The van der Waals surface area contributed by atoms with Crippen molar-refractivity contribution in [3.8, 4) is 0 Å². The molecule has 7 nitrogen and oxygen atoms in total. The molecule has 1 heterocycles. The third kappa shape index (κ3) is 4.60. The van der Waals surface area contributed by atoms with Gasteiger partial charge in [-0.1, -0.05) is 0 Å². The minimum absolute atomic E-state index is 0.0189. The summed E-state index contributed by atoms with van der Waals surface area (Å²) in [7, 11) is 0. The molecule has 0 aliphatic carbocycles. The van der Waals surface area contributed by atoms with Crippen LogP contribution in [0.1, 0.15) is 12.0 Å². The van der Waals surface area contributed by atoms with E-state index in [0.29, 0.717) is 5.56 Å². The Kier molecular flexibility index (Phi) is 4.79. The van der Waals surface area contributed by atoms with Crippen molar-refractivity contribution in [1.82, 2.24) is 10.3 Å². The summed E-state index contributed by atoms with van der Waals surface area (Å²) in [6.07, 6.45) is 2.64. The summed E-state index contributed by atoms with van der Waals surface area (Å²) in [5.74, 6) is -2.57. The smallest absolute Gasteiger partial charge is 0.326 e. The van der Waals surface area contributed by atoms with E-state index in [9.17, 15) is 14.4 Å². The van der Waals surface area contributed by atoms with E-state index < -0.39 is 30.2 Å². The second kappa shape index (κ2) is 6.33. The normalized spacial score (nSPS) is 11.6. The average molecular weight is 251 g/mol. The Bertz CT molecular complexity index is 447. The number of aliphatic carboxylic acids is 1. The highest BCUT2D eigenvalue weighted by atomic mass is 16.4. The van der Waals surface area contributed by atoms with E-state index in [1.807, 2.05) is 0 Å². The van der Waals surface area contributed by atoms with Gasteiger partial charge in [0.2, 0.25) is 11.8 Å². The molecule has 0 spiro atoms. The second-order valence-electron chi connectivity index (χ2n) is 3.66. The van der Waals surface area contributed by atoms with Crippen molar-refractivity contribution < 1.29 is 19.5 Å². The molecule has 0 radical (unpaired) electrons. The van der Waals surface area contributed by atoms with Gasteiger partial charge in [-0.2, -0.15) is 0 Å². The first-order chi connectivity index (χ1) is 8.49. The molecule has 0 aromatic carbocycles. The highest BCUT2D eigenvalue weighted by molar-refractivity contribution is 5.88. The first-order valence-corrected chi connectivity index (χ1v) is 5.18. The van der Waals surface area contributed by atoms with Crippen molar-refractivity contribution in [2.45, 2.75) is 18.9 Å². The molecule has 0 saturated carbocycles. The average Bonchev–Trinajstić information content (AvgIpc) is 2.28. The molecule has 18 heavy (non-hydrogen) atoms. The third-order valence-corrected chi connectivity index (χ3v) is 2.15. The summed E-state index contributed by atoms with van der Waals surface area (Å²) in [4.78, 5) is 36.8. The molecule has 2 amide bonds. The molecule has 0 fully saturated rings. The molecule has 96 valence electrons. The Morgan fingerprint density at radius 3 is 2.44 bits per heavy atom. The van der Waals surface area contributed by atoms with Crippen LogP contribution in [0.25, 0.3) is 0 Å². The highest BCUT2D eigenvalue weighted by Crippen LogP contribution is 1.99. The lowest BCUT2D eigenvalue weighted by molar-refractivity contribution is -0.143. The van der Waals surface area contributed by atoms with Crippen LogP contribution in [0.15, 0.2) is 24.5 Å². The second-order valence-corrected chi connectivity index (χ2v) is 3.66. The minimum Gasteiger partial charge on any atom is -0.480 e. The molecular weight excluding hydrogens is 238 g/mol. The maximum atomic E-state index is 11.6. The van der Waals surface area contributed by atoms with Crippen LogP contribution in [0.2, 0.25) is 0 Å². The predicted molar refractivity (Wildman–Crippen MR) is 61.3 cm³/mol. The van der Waals surface area contributed by atoms with Crippen LogP contribution in [-0.2, 0) is 20.8 Å². The number of carboxylic acids is 1. The SMILES string of the molecule is NC(=O)CC(NC(=O)Cc1ccncc1)C(=O)O. The van der Waals surface area contributed by atoms with Gasteiger partial charge in [-0.25, -0.2) is 4.79 Å². The van der Waals surface area contributed by atoms with Gasteiger partial charge in [0, 0.05) is 12.4 Å². The van der Waals surface area contributed by atoms with Crippen molar-refractivity contribution in [3.05, 3.63) is 30.1 Å². The first kappa shape index (κ1) is 13.6. The molecule has 1 aromatic heterocycles. The number of aromatic nitrogens is 1. The maximum Gasteiger partial charge on any atom is 0.326 e. The Morgan fingerprint density at radius 2 is 1.94 bits per heavy atom. The van der Waals surface area contributed by atoms with Crippen LogP contribution < -0.4 is 11.1 Å². The van der Waals surface area contributed by atoms with Gasteiger partial charge in [0.25, 0.3) is 0 Å². The zero-order valence-corrected chi connectivity index (χ0v) is 9.50. The Hall–Kier alpha value is -2.44. The zero-order chi connectivity index (χ0) is 13.5. The topological polar surface area (TPSA) is 122 Å². The van der Waals surface area contributed by atoms with Gasteiger partial charge in [0.05, 0.1) is 12.8 Å². The monoisotopic (exact) mass is 251 g/mol. The lowest BCUT2D eigenvalue weighted by Crippen LogP contribution is -2.43. The number of carboxylic acid groups (broad SMARTS) is 1. The minimum atomic E-state index is -1.29. The van der Waals surface area contributed by atoms with Crippen molar-refractivity contribution >= 4 is 17.8 Å². The summed E-state index contributed by atoms with van der Waals surface area (Å²) < 4.78 is 0. The molecule has 7 heteroatoms. The largest absolute Gasteiger partial charge is 0.480 e. The standard InChI is InChI=1S/C11H13N3O4/c12-9(15)6-8(11(17)18)14-10(16)5-7-1-3-13-4-2-7/h1-4,8H,5-6H2,(H2,12,15)(H,14,16)(H,17,18). The van der Waals surface area contributed by atoms with Crippen LogP contribution in [0.5, 0.6) is 0 Å². The molecule has 0 saturated heterocycles. The number of carbonyl (C=O) groups is 3. The van der Waals surface area contributed by atoms with Crippen molar-refractivity contribution in [2.24, 2.45) is 5.73 Å². The van der Waals surface area contributed by atoms with Crippen LogP contribution in [-0.4, -0.2) is 33.9 Å². The number of hydrogen-bond acceptors (Lipinski definition) is 4. The number of primary amides is 1. The number of amides is 2. The van der Waals surface area contributed by atoms with E-state index in [-0.39, 0.29) is 6.42 Å². The molecule has 0 aliphatic rings. The fraction of sp³-hybridized carbons (Fsp3) is 0.273. The lowest BCUT2D eigenvalue weighted by atomic mass is 10.1. The van der Waals surface area contributed by atoms with Gasteiger partial charge >= 0.3 is 5.97 Å². The molecule has 0 aliphatic heterocycles. The number of rotatable bonds is 6. The van der Waals surface area contributed by atoms with Crippen molar-refractivity contribution in [1.29, 1.82) is 0 Å². The number of nitrogens with zero attached hydrogens (tertiary/aromatic N) is 1. The van der Waals surface area contributed by atoms with E-state index in [1.165, 1.54) is 12.4 Å². The van der Waals surface area contributed by atoms with E-state index in [4.69, 9.17) is 10.8 Å². The highest BCUT2D eigenvalue weighted by Gasteiger charge is 2.21. The zero-order valence-electron chi connectivity index (χ0n) is 9.50. The molecule has 1 rings (SSSR count). The van der Waals surface area contributed by atoms with Crippen LogP contribution >= 0.6 is 0 Å². The number of carbonyl (C=O) groups excluding carboxylic acids is 2. The predicted octanol–water partition coefficient (Wildman–Crippen LogP) is -0.931. The van der Waals surface area contributed by atoms with Gasteiger partial charge in [0.15, 0.2) is 0 Å². The Morgan fingerprint density at radius 1 is 1.33 bits per heavy atom. The number of nitrogens with one attached hydrogen (secondary N) is 1. The summed E-state index contributed by atoms with van der Waals surface area (Å²) in [5, 5.41) is 11.0. The quantitative estimate of drug-likeness (QED) is 0.602. The molecule has 1 unspecified atom stereocenters. The third-order valence-electron chi connectivity index (χ3n) is 2.15. The fourth-order valence-corrected chi connectivity index (χ4v) is 1.33. The van der Waals surface area contributed by atoms with Gasteiger partial charge in [0.1, 0.15) is 6.04 Å². The summed E-state index contributed by atoms with van der Waals surface area (Å²) >= 11 is 0. The molecule has 0 bridgehead atoms. The molecule has 1 aromatic rings. The summed E-state index contributed by atoms with van der Waals surface area (Å²) in [6.45, 7) is 0. The first-order valence-electron chi connectivity index (χ1n) is 5.18. The van der Waals surface area contributed by atoms with Crippen molar-refractivity contribution in [2.75, 3.05) is 0 Å². The maximum absolute atomic E-state index is 11.6. The number of hydrogen-bond donors (Lipinski definition) is 3. The summed E-state index contributed by atoms with van der Waals surface area (Å²) in [6, 6.07) is 1.99. The molecule has 4 N–H and O–H groups in total. The van der Waals surface area contributed by atoms with E-state index in [2.05, 4.69) is 10.3 Å². The lowest BCUT2D eigenvalue weighted by Gasteiger charge is -2.12. The summed E-state index contributed by atoms with van der Waals surface area (Å²) in [5.41, 5.74) is 5.60. The molecule has 1 atom stereocenters. The van der Waals surface area contributed by atoms with Crippen LogP contribution in [0.4, 0.5) is 0 Å². The number of nitrogens with two attached hydrogens (primary N) is 1. The van der Waals surface area contributed by atoms with Crippen LogP contribution in [0.3, 0.4) is 0 Å². The van der Waals surface area contributed by atoms with Crippen LogP contribution in [0, 0.1) is 0 Å². The van der Waals surface area contributed by atoms with Gasteiger partial charge < -0.3 is 16.2 Å². The molecular formula is C11H13N3O4. The number of pyridine rings is 1. The fourth-order valence-electron chi connectivity index (χ4n) is 1.33. The van der Waals surface area contributed by atoms with Crippen molar-refractivity contribution in [3.63, 3.8) is 0 Å². The van der Waals surface area contributed by atoms with Gasteiger partial charge in [-0.3, -0.25) is 14.6 Å². The van der Waals surface area contributed by atoms with Gasteiger partial charge in [-0.15, -0.1) is 0 Å². The van der Waals surface area contributed by atoms with Gasteiger partial charge in [-0.05, 0) is 17.7 Å². The van der Waals surface area contributed by atoms with E-state index in [0.717, 1.165) is 0 Å².